The van der Waals surface area contributed by atoms with Gasteiger partial charge in [-0.15, -0.1) is 0 Å². The second-order valence-electron chi connectivity index (χ2n) is 5.55. The summed E-state index contributed by atoms with van der Waals surface area (Å²) in [7, 11) is 0. The summed E-state index contributed by atoms with van der Waals surface area (Å²) in [5.41, 5.74) is 0.746. The molecule has 1 amide bonds. The fourth-order valence-corrected chi connectivity index (χ4v) is 2.77. The zero-order chi connectivity index (χ0) is 15.2. The molecule has 2 unspecified atom stereocenters. The maximum atomic E-state index is 13.4. The highest BCUT2D eigenvalue weighted by atomic mass is 19.2. The monoisotopic (exact) mass is 296 g/mol. The molecule has 1 heterocycles. The molecule has 21 heavy (non-hydrogen) atoms. The van der Waals surface area contributed by atoms with Crippen molar-refractivity contribution in [2.45, 2.75) is 44.6 Å². The standard InChI is InChI=1S/C16H22F2N2O/c1-2-3-4-16(21)20-15-10-19-8-7-12(15)11-5-6-13(17)14(18)9-11/h5-6,9,12,15,19H,2-4,7-8,10H2,1H3,(H,20,21). The number of carbonyl (C=O) groups is 1. The van der Waals surface area contributed by atoms with Gasteiger partial charge in [0, 0.05) is 24.9 Å². The zero-order valence-electron chi connectivity index (χ0n) is 12.3. The highest BCUT2D eigenvalue weighted by molar-refractivity contribution is 5.76. The van der Waals surface area contributed by atoms with Crippen LogP contribution in [0.25, 0.3) is 0 Å². The number of benzene rings is 1. The highest BCUT2D eigenvalue weighted by Gasteiger charge is 2.28. The molecule has 0 aromatic heterocycles. The van der Waals surface area contributed by atoms with Gasteiger partial charge in [0.2, 0.25) is 5.91 Å². The Balaban J connectivity index is 2.07. The van der Waals surface area contributed by atoms with E-state index in [9.17, 15) is 13.6 Å². The number of hydrogen-bond acceptors (Lipinski definition) is 2. The second kappa shape index (κ2) is 7.50. The van der Waals surface area contributed by atoms with E-state index in [0.717, 1.165) is 37.4 Å². The first kappa shape index (κ1) is 15.9. The van der Waals surface area contributed by atoms with Crippen LogP contribution in [-0.2, 0) is 4.79 Å². The van der Waals surface area contributed by atoms with E-state index < -0.39 is 11.6 Å². The Kier molecular flexibility index (Phi) is 5.67. The summed E-state index contributed by atoms with van der Waals surface area (Å²) in [5, 5.41) is 6.26. The van der Waals surface area contributed by atoms with Gasteiger partial charge in [-0.2, -0.15) is 0 Å². The summed E-state index contributed by atoms with van der Waals surface area (Å²) in [4.78, 5) is 11.9. The van der Waals surface area contributed by atoms with Crippen molar-refractivity contribution in [2.75, 3.05) is 13.1 Å². The SMILES string of the molecule is CCCCC(=O)NC1CNCCC1c1ccc(F)c(F)c1. The lowest BCUT2D eigenvalue weighted by atomic mass is 9.86. The van der Waals surface area contributed by atoms with Gasteiger partial charge >= 0.3 is 0 Å². The second-order valence-corrected chi connectivity index (χ2v) is 5.55. The van der Waals surface area contributed by atoms with Crippen LogP contribution in [0.5, 0.6) is 0 Å². The van der Waals surface area contributed by atoms with Crippen LogP contribution in [0.15, 0.2) is 18.2 Å². The molecule has 2 atom stereocenters. The Bertz CT molecular complexity index is 493. The first-order chi connectivity index (χ1) is 10.1. The molecule has 2 rings (SSSR count). The third kappa shape index (κ3) is 4.24. The molecular formula is C16H22F2N2O. The van der Waals surface area contributed by atoms with Gasteiger partial charge in [0.25, 0.3) is 0 Å². The number of nitrogens with one attached hydrogen (secondary N) is 2. The third-order valence-corrected chi connectivity index (χ3v) is 3.96. The highest BCUT2D eigenvalue weighted by Crippen LogP contribution is 2.27. The molecular weight excluding hydrogens is 274 g/mol. The van der Waals surface area contributed by atoms with E-state index in [1.807, 2.05) is 6.92 Å². The van der Waals surface area contributed by atoms with Gasteiger partial charge in [-0.05, 0) is 37.1 Å². The van der Waals surface area contributed by atoms with Gasteiger partial charge in [-0.3, -0.25) is 4.79 Å². The Hall–Kier alpha value is -1.49. The lowest BCUT2D eigenvalue weighted by Gasteiger charge is -2.33. The Morgan fingerprint density at radius 2 is 2.19 bits per heavy atom. The average molecular weight is 296 g/mol. The quantitative estimate of drug-likeness (QED) is 0.877. The Labute approximate surface area is 124 Å². The molecule has 2 N–H and O–H groups in total. The average Bonchev–Trinajstić information content (AvgIpc) is 2.48. The van der Waals surface area contributed by atoms with E-state index in [0.29, 0.717) is 13.0 Å². The van der Waals surface area contributed by atoms with E-state index in [1.165, 1.54) is 6.07 Å². The minimum Gasteiger partial charge on any atom is -0.351 e. The van der Waals surface area contributed by atoms with E-state index in [2.05, 4.69) is 10.6 Å². The van der Waals surface area contributed by atoms with Crippen LogP contribution >= 0.6 is 0 Å². The number of carbonyl (C=O) groups excluding carboxylic acids is 1. The maximum absolute atomic E-state index is 13.4. The lowest BCUT2D eigenvalue weighted by Crippen LogP contribution is -2.50. The van der Waals surface area contributed by atoms with Gasteiger partial charge < -0.3 is 10.6 Å². The smallest absolute Gasteiger partial charge is 0.220 e. The first-order valence-corrected chi connectivity index (χ1v) is 7.57. The summed E-state index contributed by atoms with van der Waals surface area (Å²) in [6.45, 7) is 3.51. The van der Waals surface area contributed by atoms with Gasteiger partial charge in [0.1, 0.15) is 0 Å². The van der Waals surface area contributed by atoms with Crippen LogP contribution in [-0.4, -0.2) is 25.0 Å². The summed E-state index contributed by atoms with van der Waals surface area (Å²) >= 11 is 0. The largest absolute Gasteiger partial charge is 0.351 e. The molecule has 1 aliphatic rings. The molecule has 0 aliphatic carbocycles. The topological polar surface area (TPSA) is 41.1 Å². The summed E-state index contributed by atoms with van der Waals surface area (Å²) in [6, 6.07) is 3.94. The molecule has 1 aliphatic heterocycles. The van der Waals surface area contributed by atoms with Crippen molar-refractivity contribution in [1.29, 1.82) is 0 Å². The van der Waals surface area contributed by atoms with Crippen molar-refractivity contribution in [2.24, 2.45) is 0 Å². The molecule has 1 fully saturated rings. The molecule has 0 radical (unpaired) electrons. The molecule has 116 valence electrons. The zero-order valence-corrected chi connectivity index (χ0v) is 12.3. The molecule has 1 aromatic carbocycles. The normalized spacial score (nSPS) is 22.0. The van der Waals surface area contributed by atoms with Gasteiger partial charge in [-0.1, -0.05) is 19.4 Å². The number of piperidine rings is 1. The predicted molar refractivity (Wildman–Crippen MR) is 78.0 cm³/mol. The number of halogens is 2. The van der Waals surface area contributed by atoms with E-state index in [-0.39, 0.29) is 17.9 Å². The van der Waals surface area contributed by atoms with Crippen molar-refractivity contribution < 1.29 is 13.6 Å². The van der Waals surface area contributed by atoms with Crippen molar-refractivity contribution in [1.82, 2.24) is 10.6 Å². The van der Waals surface area contributed by atoms with Gasteiger partial charge in [0.05, 0.1) is 0 Å². The minimum absolute atomic E-state index is 0.0203. The molecule has 0 saturated carbocycles. The van der Waals surface area contributed by atoms with Crippen LogP contribution in [0.3, 0.4) is 0 Å². The van der Waals surface area contributed by atoms with Crippen molar-refractivity contribution in [3.05, 3.63) is 35.4 Å². The Morgan fingerprint density at radius 3 is 2.90 bits per heavy atom. The maximum Gasteiger partial charge on any atom is 0.220 e. The van der Waals surface area contributed by atoms with E-state index in [1.54, 1.807) is 6.07 Å². The molecule has 0 spiro atoms. The number of amides is 1. The van der Waals surface area contributed by atoms with Gasteiger partial charge in [-0.25, -0.2) is 8.78 Å². The first-order valence-electron chi connectivity index (χ1n) is 7.57. The molecule has 0 bridgehead atoms. The molecule has 1 aromatic rings. The number of hydrogen-bond donors (Lipinski definition) is 2. The fourth-order valence-electron chi connectivity index (χ4n) is 2.77. The van der Waals surface area contributed by atoms with Crippen molar-refractivity contribution >= 4 is 5.91 Å². The number of unbranched alkanes of at least 4 members (excludes halogenated alkanes) is 1. The van der Waals surface area contributed by atoms with Crippen LogP contribution in [0.4, 0.5) is 8.78 Å². The fraction of sp³-hybridized carbons (Fsp3) is 0.562. The van der Waals surface area contributed by atoms with Crippen LogP contribution in [0, 0.1) is 11.6 Å². The Morgan fingerprint density at radius 1 is 1.38 bits per heavy atom. The third-order valence-electron chi connectivity index (χ3n) is 3.96. The van der Waals surface area contributed by atoms with E-state index >= 15 is 0 Å². The summed E-state index contributed by atoms with van der Waals surface area (Å²) in [5.74, 6) is -1.62. The molecule has 1 saturated heterocycles. The van der Waals surface area contributed by atoms with Crippen molar-refractivity contribution in [3.8, 4) is 0 Å². The van der Waals surface area contributed by atoms with E-state index in [4.69, 9.17) is 0 Å². The number of rotatable bonds is 5. The van der Waals surface area contributed by atoms with Gasteiger partial charge in [0.15, 0.2) is 11.6 Å². The van der Waals surface area contributed by atoms with Crippen molar-refractivity contribution in [3.63, 3.8) is 0 Å². The molecule has 3 nitrogen and oxygen atoms in total. The minimum atomic E-state index is -0.837. The van der Waals surface area contributed by atoms with Crippen LogP contribution in [0.2, 0.25) is 0 Å². The predicted octanol–water partition coefficient (Wildman–Crippen LogP) is 2.72. The van der Waals surface area contributed by atoms with Crippen LogP contribution < -0.4 is 10.6 Å². The summed E-state index contributed by atoms with van der Waals surface area (Å²) < 4.78 is 26.5. The molecule has 5 heteroatoms. The van der Waals surface area contributed by atoms with Crippen LogP contribution in [0.1, 0.15) is 44.1 Å². The lowest BCUT2D eigenvalue weighted by molar-refractivity contribution is -0.122. The summed E-state index contributed by atoms with van der Waals surface area (Å²) in [6.07, 6.45) is 3.14.